The van der Waals surface area contributed by atoms with Crippen molar-refractivity contribution in [3.8, 4) is 5.75 Å². The summed E-state index contributed by atoms with van der Waals surface area (Å²) in [6.07, 6.45) is 0.740. The molecule has 0 fully saturated rings. The van der Waals surface area contributed by atoms with Crippen LogP contribution in [0.1, 0.15) is 5.56 Å². The molecule has 2 aromatic heterocycles. The Kier molecular flexibility index (Phi) is 5.65. The number of hydrogen-bond acceptors (Lipinski definition) is 6. The molecule has 3 rings (SSSR count). The van der Waals surface area contributed by atoms with Crippen LogP contribution in [0, 0.1) is 6.92 Å². The lowest BCUT2D eigenvalue weighted by atomic mass is 10.2. The van der Waals surface area contributed by atoms with E-state index in [0.29, 0.717) is 18.2 Å². The smallest absolute Gasteiger partial charge is 0.329 e. The Hall–Kier alpha value is -3.33. The van der Waals surface area contributed by atoms with Crippen molar-refractivity contribution in [1.82, 2.24) is 19.1 Å². The third-order valence-electron chi connectivity index (χ3n) is 4.27. The first-order chi connectivity index (χ1) is 13.4. The van der Waals surface area contributed by atoms with Crippen LogP contribution in [0.2, 0.25) is 0 Å². The molecule has 148 valence electrons. The summed E-state index contributed by atoms with van der Waals surface area (Å²) >= 11 is 0. The maximum absolute atomic E-state index is 12.4. The van der Waals surface area contributed by atoms with Crippen LogP contribution in [0.5, 0.6) is 5.75 Å². The molecule has 1 unspecified atom stereocenters. The molecule has 0 amide bonds. The first-order valence-electron chi connectivity index (χ1n) is 8.82. The SMILES string of the molecule is C=CCNc1nc2c(c(=O)[nH]c(=O)n2C)n1CC(O)COc1ccc(C)cc1. The summed E-state index contributed by atoms with van der Waals surface area (Å²) in [5, 5.41) is 13.5. The average Bonchev–Trinajstić information content (AvgIpc) is 3.03. The van der Waals surface area contributed by atoms with Gasteiger partial charge in [-0.25, -0.2) is 4.79 Å². The second-order valence-corrected chi connectivity index (χ2v) is 6.48. The zero-order valence-corrected chi connectivity index (χ0v) is 15.8. The van der Waals surface area contributed by atoms with Gasteiger partial charge in [-0.05, 0) is 19.1 Å². The Morgan fingerprint density at radius 2 is 2.07 bits per heavy atom. The number of fused-ring (bicyclic) bond motifs is 1. The Labute approximate surface area is 160 Å². The Morgan fingerprint density at radius 1 is 1.36 bits per heavy atom. The molecule has 3 N–H and O–H groups in total. The largest absolute Gasteiger partial charge is 0.491 e. The molecule has 2 heterocycles. The zero-order valence-electron chi connectivity index (χ0n) is 15.8. The minimum Gasteiger partial charge on any atom is -0.491 e. The minimum absolute atomic E-state index is 0.0350. The van der Waals surface area contributed by atoms with Gasteiger partial charge in [0.2, 0.25) is 5.95 Å². The molecular formula is C19H23N5O4. The molecule has 0 aliphatic heterocycles. The third kappa shape index (κ3) is 3.99. The number of aliphatic hydroxyl groups excluding tert-OH is 1. The van der Waals surface area contributed by atoms with Crippen molar-refractivity contribution in [3.63, 3.8) is 0 Å². The molecule has 1 atom stereocenters. The van der Waals surface area contributed by atoms with Crippen LogP contribution in [0.25, 0.3) is 11.2 Å². The number of hydrogen-bond donors (Lipinski definition) is 3. The van der Waals surface area contributed by atoms with Crippen LogP contribution >= 0.6 is 0 Å². The lowest BCUT2D eigenvalue weighted by Gasteiger charge is -2.15. The highest BCUT2D eigenvalue weighted by Gasteiger charge is 2.19. The van der Waals surface area contributed by atoms with Crippen molar-refractivity contribution < 1.29 is 9.84 Å². The van der Waals surface area contributed by atoms with Gasteiger partial charge in [0.15, 0.2) is 11.2 Å². The Bertz CT molecular complexity index is 1090. The van der Waals surface area contributed by atoms with E-state index in [2.05, 4.69) is 21.9 Å². The summed E-state index contributed by atoms with van der Waals surface area (Å²) in [6, 6.07) is 7.49. The number of aromatic amines is 1. The summed E-state index contributed by atoms with van der Waals surface area (Å²) in [7, 11) is 1.52. The van der Waals surface area contributed by atoms with E-state index < -0.39 is 17.4 Å². The van der Waals surface area contributed by atoms with E-state index in [9.17, 15) is 14.7 Å². The van der Waals surface area contributed by atoms with Gasteiger partial charge in [0.25, 0.3) is 5.56 Å². The van der Waals surface area contributed by atoms with Crippen molar-refractivity contribution in [2.45, 2.75) is 19.6 Å². The number of rotatable bonds is 8. The van der Waals surface area contributed by atoms with Gasteiger partial charge in [-0.3, -0.25) is 14.3 Å². The zero-order chi connectivity index (χ0) is 20.3. The van der Waals surface area contributed by atoms with Gasteiger partial charge >= 0.3 is 5.69 Å². The molecule has 0 aliphatic carbocycles. The Balaban J connectivity index is 1.88. The molecule has 9 nitrogen and oxygen atoms in total. The van der Waals surface area contributed by atoms with Gasteiger partial charge in [-0.15, -0.1) is 6.58 Å². The van der Waals surface area contributed by atoms with E-state index in [1.54, 1.807) is 10.6 Å². The monoisotopic (exact) mass is 385 g/mol. The van der Waals surface area contributed by atoms with Crippen molar-refractivity contribution in [2.75, 3.05) is 18.5 Å². The molecule has 28 heavy (non-hydrogen) atoms. The standard InChI is InChI=1S/C19H23N5O4/c1-4-9-20-18-21-16-15(17(26)22-19(27)23(16)3)24(18)10-13(25)11-28-14-7-5-12(2)6-8-14/h4-8,13,25H,1,9-11H2,2-3H3,(H,20,21)(H,22,26,27). The molecule has 0 aliphatic rings. The quantitative estimate of drug-likeness (QED) is 0.494. The molecule has 0 saturated carbocycles. The number of nitrogens with one attached hydrogen (secondary N) is 2. The van der Waals surface area contributed by atoms with E-state index in [1.165, 1.54) is 11.6 Å². The van der Waals surface area contributed by atoms with Crippen LogP contribution in [0.3, 0.4) is 0 Å². The van der Waals surface area contributed by atoms with Crippen molar-refractivity contribution in [2.24, 2.45) is 7.05 Å². The normalized spacial score (nSPS) is 12.1. The molecule has 3 aromatic rings. The highest BCUT2D eigenvalue weighted by atomic mass is 16.5. The van der Waals surface area contributed by atoms with E-state index in [1.807, 2.05) is 31.2 Å². The fourth-order valence-electron chi connectivity index (χ4n) is 2.80. The van der Waals surface area contributed by atoms with Gasteiger partial charge in [-0.1, -0.05) is 23.8 Å². The Morgan fingerprint density at radius 3 is 2.75 bits per heavy atom. The minimum atomic E-state index is -0.903. The average molecular weight is 385 g/mol. The molecule has 9 heteroatoms. The van der Waals surface area contributed by atoms with Gasteiger partial charge in [0.1, 0.15) is 18.5 Å². The fourth-order valence-corrected chi connectivity index (χ4v) is 2.80. The van der Waals surface area contributed by atoms with Gasteiger partial charge in [0.05, 0.1) is 6.54 Å². The molecule has 0 spiro atoms. The maximum atomic E-state index is 12.4. The molecule has 0 bridgehead atoms. The highest BCUT2D eigenvalue weighted by Crippen LogP contribution is 2.17. The number of ether oxygens (including phenoxy) is 1. The molecular weight excluding hydrogens is 362 g/mol. The number of benzene rings is 1. The van der Waals surface area contributed by atoms with E-state index in [0.717, 1.165) is 5.56 Å². The molecule has 1 aromatic carbocycles. The summed E-state index contributed by atoms with van der Waals surface area (Å²) in [4.78, 5) is 30.8. The van der Waals surface area contributed by atoms with Crippen LogP contribution < -0.4 is 21.3 Å². The van der Waals surface area contributed by atoms with Gasteiger partial charge in [0, 0.05) is 13.6 Å². The van der Waals surface area contributed by atoms with E-state index >= 15 is 0 Å². The third-order valence-corrected chi connectivity index (χ3v) is 4.27. The first kappa shape index (κ1) is 19.4. The highest BCUT2D eigenvalue weighted by molar-refractivity contribution is 5.74. The number of H-pyrrole nitrogens is 1. The predicted octanol–water partition coefficient (Wildman–Crippen LogP) is 0.770. The molecule has 0 radical (unpaired) electrons. The lowest BCUT2D eigenvalue weighted by Crippen LogP contribution is -2.31. The fraction of sp³-hybridized carbons (Fsp3) is 0.316. The van der Waals surface area contributed by atoms with Crippen molar-refractivity contribution in [3.05, 3.63) is 63.3 Å². The number of anilines is 1. The van der Waals surface area contributed by atoms with Crippen molar-refractivity contribution >= 4 is 17.1 Å². The van der Waals surface area contributed by atoms with Gasteiger partial charge in [-0.2, -0.15) is 4.98 Å². The number of nitrogens with zero attached hydrogens (tertiary/aromatic N) is 3. The number of imidazole rings is 1. The topological polar surface area (TPSA) is 114 Å². The van der Waals surface area contributed by atoms with Crippen LogP contribution in [0.4, 0.5) is 5.95 Å². The van der Waals surface area contributed by atoms with Crippen molar-refractivity contribution in [1.29, 1.82) is 0 Å². The van der Waals surface area contributed by atoms with Crippen LogP contribution in [-0.2, 0) is 13.6 Å². The van der Waals surface area contributed by atoms with Crippen LogP contribution in [-0.4, -0.2) is 43.5 Å². The predicted molar refractivity (Wildman–Crippen MR) is 107 cm³/mol. The number of aryl methyl sites for hydroxylation is 2. The van der Waals surface area contributed by atoms with E-state index in [-0.39, 0.29) is 24.3 Å². The summed E-state index contributed by atoms with van der Waals surface area (Å²) < 4.78 is 8.41. The van der Waals surface area contributed by atoms with Crippen LogP contribution in [0.15, 0.2) is 46.5 Å². The number of aromatic nitrogens is 4. The number of aliphatic hydroxyl groups is 1. The first-order valence-corrected chi connectivity index (χ1v) is 8.82. The lowest BCUT2D eigenvalue weighted by molar-refractivity contribution is 0.0938. The summed E-state index contributed by atoms with van der Waals surface area (Å²) in [5.41, 5.74) is 0.417. The second-order valence-electron chi connectivity index (χ2n) is 6.48. The molecule has 0 saturated heterocycles. The van der Waals surface area contributed by atoms with Gasteiger partial charge < -0.3 is 19.7 Å². The van der Waals surface area contributed by atoms with E-state index in [4.69, 9.17) is 4.74 Å². The maximum Gasteiger partial charge on any atom is 0.329 e. The second kappa shape index (κ2) is 8.13. The summed E-state index contributed by atoms with van der Waals surface area (Å²) in [6.45, 7) is 6.13. The summed E-state index contributed by atoms with van der Waals surface area (Å²) in [5.74, 6) is 1.00.